The molecular formula is C10H23NNa2O2. The first-order chi connectivity index (χ1) is 6.31. The van der Waals surface area contributed by atoms with E-state index in [0.717, 1.165) is 12.8 Å². The van der Waals surface area contributed by atoms with Crippen LogP contribution < -0.4 is 65.0 Å². The second-order valence-corrected chi connectivity index (χ2v) is 3.36. The largest absolute Gasteiger partial charge is 1.00 e. The summed E-state index contributed by atoms with van der Waals surface area (Å²) < 4.78 is 0. The summed E-state index contributed by atoms with van der Waals surface area (Å²) in [5.74, 6) is 4.41. The molecule has 0 unspecified atom stereocenters. The second kappa shape index (κ2) is 17.8. The molecule has 0 aromatic heterocycles. The van der Waals surface area contributed by atoms with Crippen molar-refractivity contribution < 1.29 is 71.6 Å². The van der Waals surface area contributed by atoms with Crippen molar-refractivity contribution in [1.82, 2.24) is 0 Å². The Kier molecular flexibility index (Phi) is 25.8. The van der Waals surface area contributed by atoms with Crippen LogP contribution in [0, 0.1) is 0 Å². The third-order valence-electron chi connectivity index (χ3n) is 2.12. The Bertz CT molecular complexity index is 143. The number of hydrogen-bond donors (Lipinski definition) is 1. The first kappa shape index (κ1) is 21.7. The van der Waals surface area contributed by atoms with Crippen LogP contribution in [0.15, 0.2) is 0 Å². The van der Waals surface area contributed by atoms with Crippen LogP contribution in [0.5, 0.6) is 0 Å². The van der Waals surface area contributed by atoms with E-state index in [1.807, 2.05) is 0 Å². The SMILES string of the molecule is CCCCCCCCCC(=O)ON.[H-].[H-].[Na+].[Na+]. The molecule has 0 aliphatic carbocycles. The average molecular weight is 235 g/mol. The van der Waals surface area contributed by atoms with Gasteiger partial charge in [0.25, 0.3) is 0 Å². The van der Waals surface area contributed by atoms with Crippen LogP contribution in [0.4, 0.5) is 0 Å². The first-order valence-electron chi connectivity index (χ1n) is 5.20. The second-order valence-electron chi connectivity index (χ2n) is 3.36. The summed E-state index contributed by atoms with van der Waals surface area (Å²) in [5, 5.41) is 0. The van der Waals surface area contributed by atoms with Crippen LogP contribution in [0.1, 0.15) is 61.1 Å². The molecular weight excluding hydrogens is 212 g/mol. The van der Waals surface area contributed by atoms with Crippen LogP contribution in [-0.2, 0) is 9.63 Å². The van der Waals surface area contributed by atoms with E-state index in [1.54, 1.807) is 0 Å². The molecule has 0 saturated heterocycles. The van der Waals surface area contributed by atoms with Crippen molar-refractivity contribution in [2.45, 2.75) is 58.3 Å². The molecule has 0 aliphatic rings. The van der Waals surface area contributed by atoms with Gasteiger partial charge in [0, 0.05) is 6.42 Å². The van der Waals surface area contributed by atoms with E-state index in [-0.39, 0.29) is 67.9 Å². The smallest absolute Gasteiger partial charge is 1.00 e. The summed E-state index contributed by atoms with van der Waals surface area (Å²) in [4.78, 5) is 14.7. The van der Waals surface area contributed by atoms with Gasteiger partial charge in [0.05, 0.1) is 0 Å². The number of hydrogen-bond acceptors (Lipinski definition) is 3. The van der Waals surface area contributed by atoms with Gasteiger partial charge >= 0.3 is 65.1 Å². The van der Waals surface area contributed by atoms with Gasteiger partial charge in [0.15, 0.2) is 0 Å². The van der Waals surface area contributed by atoms with Crippen molar-refractivity contribution in [3.8, 4) is 0 Å². The Hall–Kier alpha value is 1.43. The Morgan fingerprint density at radius 3 is 2.00 bits per heavy atom. The molecule has 0 amide bonds. The molecule has 0 fully saturated rings. The molecule has 82 valence electrons. The zero-order valence-corrected chi connectivity index (χ0v) is 14.6. The van der Waals surface area contributed by atoms with Gasteiger partial charge in [-0.25, -0.2) is 0 Å². The maximum atomic E-state index is 10.6. The molecule has 0 saturated carbocycles. The molecule has 0 atom stereocenters. The van der Waals surface area contributed by atoms with Crippen molar-refractivity contribution in [2.24, 2.45) is 5.90 Å². The van der Waals surface area contributed by atoms with Gasteiger partial charge in [-0.05, 0) is 6.42 Å². The summed E-state index contributed by atoms with van der Waals surface area (Å²) in [6.07, 6.45) is 8.90. The molecule has 0 aliphatic heterocycles. The Morgan fingerprint density at radius 2 is 1.53 bits per heavy atom. The molecule has 5 heteroatoms. The Morgan fingerprint density at radius 1 is 1.07 bits per heavy atom. The monoisotopic (exact) mass is 235 g/mol. The fourth-order valence-corrected chi connectivity index (χ4v) is 1.29. The van der Waals surface area contributed by atoms with Crippen LogP contribution in [0.2, 0.25) is 0 Å². The predicted molar refractivity (Wildman–Crippen MR) is 55.1 cm³/mol. The minimum absolute atomic E-state index is 0. The standard InChI is InChI=1S/C10H21NO2.2Na.2H/c1-2-3-4-5-6-7-8-9-10(12)13-11;;;;/h2-9,11H2,1H3;;;;/q;2*+1;2*-1. The van der Waals surface area contributed by atoms with E-state index in [9.17, 15) is 4.79 Å². The number of unbranched alkanes of at least 4 members (excludes halogenated alkanes) is 6. The Balaban J connectivity index is -0.000000120. The maximum Gasteiger partial charge on any atom is 1.00 e. The summed E-state index contributed by atoms with van der Waals surface area (Å²) in [5.41, 5.74) is 0. The third-order valence-corrected chi connectivity index (χ3v) is 2.12. The first-order valence-corrected chi connectivity index (χ1v) is 5.20. The number of carbonyl (C=O) groups excluding carboxylic acids is 1. The molecule has 15 heavy (non-hydrogen) atoms. The van der Waals surface area contributed by atoms with Gasteiger partial charge < -0.3 is 7.69 Å². The molecule has 0 rings (SSSR count). The van der Waals surface area contributed by atoms with Crippen molar-refractivity contribution in [3.05, 3.63) is 0 Å². The van der Waals surface area contributed by atoms with Gasteiger partial charge in [0.1, 0.15) is 0 Å². The van der Waals surface area contributed by atoms with E-state index in [0.29, 0.717) is 6.42 Å². The zero-order chi connectivity index (χ0) is 9.94. The minimum Gasteiger partial charge on any atom is -1.00 e. The van der Waals surface area contributed by atoms with E-state index >= 15 is 0 Å². The van der Waals surface area contributed by atoms with Crippen LogP contribution in [0.3, 0.4) is 0 Å². The van der Waals surface area contributed by atoms with Gasteiger partial charge in [-0.2, -0.15) is 5.90 Å². The summed E-state index contributed by atoms with van der Waals surface area (Å²) >= 11 is 0. The van der Waals surface area contributed by atoms with Crippen LogP contribution in [0.25, 0.3) is 0 Å². The molecule has 0 aromatic carbocycles. The molecule has 0 aromatic rings. The van der Waals surface area contributed by atoms with E-state index in [4.69, 9.17) is 5.90 Å². The molecule has 0 spiro atoms. The molecule has 3 nitrogen and oxygen atoms in total. The van der Waals surface area contributed by atoms with Crippen molar-refractivity contribution in [1.29, 1.82) is 0 Å². The predicted octanol–water partition coefficient (Wildman–Crippen LogP) is -3.22. The average Bonchev–Trinajstić information content (AvgIpc) is 2.16. The summed E-state index contributed by atoms with van der Waals surface area (Å²) in [6, 6.07) is 0. The number of carbonyl (C=O) groups is 1. The molecule has 0 heterocycles. The van der Waals surface area contributed by atoms with E-state index in [1.165, 1.54) is 32.1 Å². The van der Waals surface area contributed by atoms with Crippen molar-refractivity contribution >= 4 is 5.97 Å². The molecule has 0 radical (unpaired) electrons. The maximum absolute atomic E-state index is 10.6. The van der Waals surface area contributed by atoms with E-state index < -0.39 is 0 Å². The fourth-order valence-electron chi connectivity index (χ4n) is 1.29. The van der Waals surface area contributed by atoms with Crippen molar-refractivity contribution in [2.75, 3.05) is 0 Å². The number of rotatable bonds is 8. The Labute approximate surface area is 140 Å². The summed E-state index contributed by atoms with van der Waals surface area (Å²) in [7, 11) is 0. The third kappa shape index (κ3) is 18.0. The summed E-state index contributed by atoms with van der Waals surface area (Å²) in [6.45, 7) is 2.21. The molecule has 2 N–H and O–H groups in total. The zero-order valence-electron chi connectivity index (χ0n) is 12.6. The topological polar surface area (TPSA) is 52.3 Å². The van der Waals surface area contributed by atoms with Gasteiger partial charge in [-0.3, -0.25) is 4.79 Å². The van der Waals surface area contributed by atoms with E-state index in [2.05, 4.69) is 11.8 Å². The van der Waals surface area contributed by atoms with Crippen LogP contribution >= 0.6 is 0 Å². The van der Waals surface area contributed by atoms with Gasteiger partial charge in [-0.15, -0.1) is 0 Å². The van der Waals surface area contributed by atoms with Gasteiger partial charge in [-0.1, -0.05) is 45.4 Å². The normalized spacial score (nSPS) is 8.67. The number of nitrogens with two attached hydrogens (primary N) is 1. The van der Waals surface area contributed by atoms with Crippen molar-refractivity contribution in [3.63, 3.8) is 0 Å². The minimum atomic E-state index is -0.298. The quantitative estimate of drug-likeness (QED) is 0.273. The van der Waals surface area contributed by atoms with Crippen LogP contribution in [-0.4, -0.2) is 5.97 Å². The molecule has 0 bridgehead atoms. The fraction of sp³-hybridized carbons (Fsp3) is 0.900. The van der Waals surface area contributed by atoms with Gasteiger partial charge in [0.2, 0.25) is 0 Å².